The molecule has 0 saturated carbocycles. The Labute approximate surface area is 111 Å². The molecule has 3 rings (SSSR count). The molecule has 0 bridgehead atoms. The highest BCUT2D eigenvalue weighted by Crippen LogP contribution is 2.20. The van der Waals surface area contributed by atoms with Crippen molar-refractivity contribution >= 4 is 22.6 Å². The van der Waals surface area contributed by atoms with Gasteiger partial charge in [0, 0.05) is 6.20 Å². The van der Waals surface area contributed by atoms with Gasteiger partial charge in [0.05, 0.1) is 22.8 Å². The summed E-state index contributed by atoms with van der Waals surface area (Å²) in [5.74, 6) is -0.482. The van der Waals surface area contributed by atoms with Gasteiger partial charge in [-0.1, -0.05) is 0 Å². The SMILES string of the molecule is N#Cc1cc(F)ccc1-n1ncc2cnc(Cl)nc21. The summed E-state index contributed by atoms with van der Waals surface area (Å²) in [4.78, 5) is 7.91. The fraction of sp³-hybridized carbons (Fsp3) is 0. The smallest absolute Gasteiger partial charge is 0.224 e. The number of hydrogen-bond donors (Lipinski definition) is 0. The largest absolute Gasteiger partial charge is 0.226 e. The van der Waals surface area contributed by atoms with E-state index in [1.807, 2.05) is 6.07 Å². The first kappa shape index (κ1) is 11.6. The molecule has 0 aliphatic carbocycles. The lowest BCUT2D eigenvalue weighted by molar-refractivity contribution is 0.626. The van der Waals surface area contributed by atoms with Crippen molar-refractivity contribution in [2.45, 2.75) is 0 Å². The second kappa shape index (κ2) is 4.30. The van der Waals surface area contributed by atoms with Crippen LogP contribution in [-0.4, -0.2) is 19.7 Å². The minimum absolute atomic E-state index is 0.0786. The van der Waals surface area contributed by atoms with E-state index in [4.69, 9.17) is 16.9 Å². The molecule has 0 unspecified atom stereocenters. The van der Waals surface area contributed by atoms with E-state index < -0.39 is 5.82 Å². The van der Waals surface area contributed by atoms with E-state index >= 15 is 0 Å². The van der Waals surface area contributed by atoms with Gasteiger partial charge in [0.25, 0.3) is 0 Å². The zero-order valence-corrected chi connectivity index (χ0v) is 10.1. The summed E-state index contributed by atoms with van der Waals surface area (Å²) >= 11 is 5.75. The Bertz CT molecular complexity index is 821. The van der Waals surface area contributed by atoms with Crippen LogP contribution in [0.15, 0.2) is 30.6 Å². The Morgan fingerprint density at radius 1 is 1.32 bits per heavy atom. The number of rotatable bonds is 1. The number of fused-ring (bicyclic) bond motifs is 1. The van der Waals surface area contributed by atoms with E-state index in [1.165, 1.54) is 23.0 Å². The van der Waals surface area contributed by atoms with E-state index in [0.717, 1.165) is 6.07 Å². The van der Waals surface area contributed by atoms with Crippen molar-refractivity contribution in [3.05, 3.63) is 47.3 Å². The first-order valence-electron chi connectivity index (χ1n) is 5.25. The van der Waals surface area contributed by atoms with Crippen LogP contribution in [0, 0.1) is 17.1 Å². The Hall–Kier alpha value is -2.52. The average molecular weight is 274 g/mol. The lowest BCUT2D eigenvalue weighted by Crippen LogP contribution is -2.01. The maximum Gasteiger partial charge on any atom is 0.224 e. The van der Waals surface area contributed by atoms with E-state index in [2.05, 4.69) is 15.1 Å². The van der Waals surface area contributed by atoms with Gasteiger partial charge in [-0.2, -0.15) is 15.3 Å². The summed E-state index contributed by atoms with van der Waals surface area (Å²) < 4.78 is 14.6. The molecule has 0 N–H and O–H groups in total. The standard InChI is InChI=1S/C12H5ClFN5/c13-12-16-5-8-6-17-19(11(8)18-12)10-2-1-9(14)3-7(10)4-15/h1-3,5-6H. The zero-order chi connectivity index (χ0) is 13.4. The van der Waals surface area contributed by atoms with Crippen molar-refractivity contribution in [2.75, 3.05) is 0 Å². The fourth-order valence-corrected chi connectivity index (χ4v) is 1.88. The van der Waals surface area contributed by atoms with E-state index in [-0.39, 0.29) is 10.8 Å². The molecule has 0 aliphatic rings. The van der Waals surface area contributed by atoms with E-state index in [1.54, 1.807) is 6.20 Å². The van der Waals surface area contributed by atoms with Crippen LogP contribution in [0.3, 0.4) is 0 Å². The van der Waals surface area contributed by atoms with Crippen LogP contribution in [0.4, 0.5) is 4.39 Å². The van der Waals surface area contributed by atoms with Crippen molar-refractivity contribution in [3.63, 3.8) is 0 Å². The minimum Gasteiger partial charge on any atom is -0.226 e. The Balaban J connectivity index is 2.31. The van der Waals surface area contributed by atoms with Gasteiger partial charge >= 0.3 is 0 Å². The highest BCUT2D eigenvalue weighted by molar-refractivity contribution is 6.28. The lowest BCUT2D eigenvalue weighted by atomic mass is 10.2. The van der Waals surface area contributed by atoms with Gasteiger partial charge in [-0.15, -0.1) is 0 Å². The number of aromatic nitrogens is 4. The molecule has 0 fully saturated rings. The maximum absolute atomic E-state index is 13.1. The molecule has 0 amide bonds. The molecular weight excluding hydrogens is 269 g/mol. The first-order chi connectivity index (χ1) is 9.19. The van der Waals surface area contributed by atoms with Crippen molar-refractivity contribution in [2.24, 2.45) is 0 Å². The van der Waals surface area contributed by atoms with Crippen molar-refractivity contribution in [1.29, 1.82) is 5.26 Å². The summed E-state index contributed by atoms with van der Waals surface area (Å²) in [7, 11) is 0. The van der Waals surface area contributed by atoms with Gasteiger partial charge in [-0.3, -0.25) is 0 Å². The molecular formula is C12H5ClFN5. The van der Waals surface area contributed by atoms with E-state index in [0.29, 0.717) is 16.7 Å². The van der Waals surface area contributed by atoms with Gasteiger partial charge in [0.1, 0.15) is 11.9 Å². The summed E-state index contributed by atoms with van der Waals surface area (Å²) in [6.07, 6.45) is 3.08. The molecule has 5 nitrogen and oxygen atoms in total. The average Bonchev–Trinajstić information content (AvgIpc) is 2.81. The molecule has 0 radical (unpaired) electrons. The van der Waals surface area contributed by atoms with Crippen molar-refractivity contribution in [1.82, 2.24) is 19.7 Å². The second-order valence-corrected chi connectivity index (χ2v) is 4.09. The van der Waals surface area contributed by atoms with Gasteiger partial charge in [0.15, 0.2) is 5.65 Å². The van der Waals surface area contributed by atoms with Gasteiger partial charge in [-0.05, 0) is 29.8 Å². The normalized spacial score (nSPS) is 10.6. The summed E-state index contributed by atoms with van der Waals surface area (Å²) in [6.45, 7) is 0. The third-order valence-electron chi connectivity index (χ3n) is 2.59. The lowest BCUT2D eigenvalue weighted by Gasteiger charge is -2.05. The molecule has 92 valence electrons. The third kappa shape index (κ3) is 1.90. The molecule has 0 aliphatic heterocycles. The Kier molecular flexibility index (Phi) is 2.62. The van der Waals surface area contributed by atoms with Crippen LogP contribution in [0.2, 0.25) is 5.28 Å². The predicted octanol–water partition coefficient (Wildman–Crippen LogP) is 2.48. The summed E-state index contributed by atoms with van der Waals surface area (Å²) in [5.41, 5.74) is 1.07. The van der Waals surface area contributed by atoms with Crippen LogP contribution >= 0.6 is 11.6 Å². The topological polar surface area (TPSA) is 67.4 Å². The highest BCUT2D eigenvalue weighted by Gasteiger charge is 2.12. The molecule has 3 aromatic rings. The molecule has 2 aromatic heterocycles. The molecule has 2 heterocycles. The third-order valence-corrected chi connectivity index (χ3v) is 2.77. The predicted molar refractivity (Wildman–Crippen MR) is 66.3 cm³/mol. The van der Waals surface area contributed by atoms with E-state index in [9.17, 15) is 4.39 Å². The summed E-state index contributed by atoms with van der Waals surface area (Å²) in [6, 6.07) is 5.80. The quantitative estimate of drug-likeness (QED) is 0.639. The summed E-state index contributed by atoms with van der Waals surface area (Å²) in [5, 5.41) is 13.9. The highest BCUT2D eigenvalue weighted by atomic mass is 35.5. The number of benzene rings is 1. The number of halogens is 2. The maximum atomic E-state index is 13.1. The second-order valence-electron chi connectivity index (χ2n) is 3.75. The minimum atomic E-state index is -0.482. The number of nitrogens with zero attached hydrogens (tertiary/aromatic N) is 5. The van der Waals surface area contributed by atoms with Gasteiger partial charge < -0.3 is 0 Å². The van der Waals surface area contributed by atoms with Gasteiger partial charge in [-0.25, -0.2) is 14.1 Å². The Morgan fingerprint density at radius 2 is 2.16 bits per heavy atom. The fourth-order valence-electron chi connectivity index (χ4n) is 1.76. The molecule has 0 spiro atoms. The first-order valence-corrected chi connectivity index (χ1v) is 5.63. The Morgan fingerprint density at radius 3 is 2.95 bits per heavy atom. The molecule has 19 heavy (non-hydrogen) atoms. The van der Waals surface area contributed by atoms with Crippen LogP contribution < -0.4 is 0 Å². The molecule has 0 saturated heterocycles. The van der Waals surface area contributed by atoms with Crippen molar-refractivity contribution < 1.29 is 4.39 Å². The van der Waals surface area contributed by atoms with Crippen LogP contribution in [0.25, 0.3) is 16.7 Å². The monoisotopic (exact) mass is 273 g/mol. The number of nitriles is 1. The van der Waals surface area contributed by atoms with Crippen LogP contribution in [0.5, 0.6) is 0 Å². The zero-order valence-electron chi connectivity index (χ0n) is 9.38. The van der Waals surface area contributed by atoms with Gasteiger partial charge in [0.2, 0.25) is 5.28 Å². The molecule has 1 aromatic carbocycles. The number of hydrogen-bond acceptors (Lipinski definition) is 4. The van der Waals surface area contributed by atoms with Crippen molar-refractivity contribution in [3.8, 4) is 11.8 Å². The molecule has 0 atom stereocenters. The molecule has 7 heteroatoms. The van der Waals surface area contributed by atoms with Crippen LogP contribution in [0.1, 0.15) is 5.56 Å². The van der Waals surface area contributed by atoms with Crippen LogP contribution in [-0.2, 0) is 0 Å².